The predicted molar refractivity (Wildman–Crippen MR) is 436 cm³/mol. The molecule has 19 nitrogen and oxygen atoms in total. The van der Waals surface area contributed by atoms with Gasteiger partial charge >= 0.3 is 5.97 Å². The van der Waals surface area contributed by atoms with Gasteiger partial charge in [0.05, 0.1) is 5.92 Å². The first-order valence-corrected chi connectivity index (χ1v) is 39.9. The van der Waals surface area contributed by atoms with E-state index in [2.05, 4.69) is 89.3 Å². The van der Waals surface area contributed by atoms with Gasteiger partial charge in [-0.05, 0) is 286 Å². The van der Waals surface area contributed by atoms with Crippen molar-refractivity contribution in [3.05, 3.63) is 209 Å². The number of likely N-dealkylation sites (tertiary alicyclic amines) is 2. The molecular weight excluding hydrogens is 1410 g/mol. The monoisotopic (exact) mass is 1520 g/mol. The predicted octanol–water partition coefficient (Wildman–Crippen LogP) is 16.1. The molecule has 0 radical (unpaired) electrons. The third-order valence-corrected chi connectivity index (χ3v) is 23.9. The fraction of sp³-hybridized carbons (Fsp3) is 0.518. The number of aliphatic carboxylic acids is 1. The van der Waals surface area contributed by atoms with Gasteiger partial charge in [-0.2, -0.15) is 0 Å². The van der Waals surface area contributed by atoms with E-state index in [9.17, 15) is 38.7 Å². The molecule has 5 aliphatic rings. The number of aromatic amines is 3. The van der Waals surface area contributed by atoms with Crippen LogP contribution < -0.4 is 47.3 Å². The van der Waals surface area contributed by atoms with Crippen molar-refractivity contribution in [3.63, 3.8) is 0 Å². The Morgan fingerprint density at radius 2 is 0.673 bits per heavy atom. The van der Waals surface area contributed by atoms with Crippen LogP contribution in [0.25, 0.3) is 0 Å². The number of halogens is 3. The second kappa shape index (κ2) is 37.7. The molecule has 107 heavy (non-hydrogen) atoms. The topological polar surface area (TPSA) is 239 Å². The zero-order valence-electron chi connectivity index (χ0n) is 65.1. The van der Waals surface area contributed by atoms with Crippen LogP contribution in [0.1, 0.15) is 222 Å². The quantitative estimate of drug-likeness (QED) is 0.0316. The van der Waals surface area contributed by atoms with Gasteiger partial charge in [0.1, 0.15) is 0 Å². The lowest BCUT2D eigenvalue weighted by Crippen LogP contribution is -2.40. The molecule has 7 N–H and O–H groups in total. The van der Waals surface area contributed by atoms with Crippen LogP contribution in [-0.2, 0) is 24.4 Å². The van der Waals surface area contributed by atoms with Crippen LogP contribution in [0.4, 0.5) is 17.1 Å². The number of aromatic nitrogens is 3. The van der Waals surface area contributed by atoms with Crippen molar-refractivity contribution >= 4 is 75.6 Å². The number of carboxylic acids is 1. The Morgan fingerprint density at radius 1 is 0.421 bits per heavy atom. The summed E-state index contributed by atoms with van der Waals surface area (Å²) in [6, 6.07) is 17.7. The molecule has 22 heteroatoms. The van der Waals surface area contributed by atoms with Crippen LogP contribution in [0.15, 0.2) is 93.5 Å². The van der Waals surface area contributed by atoms with Crippen LogP contribution in [0.3, 0.4) is 0 Å². The van der Waals surface area contributed by atoms with Gasteiger partial charge in [-0.3, -0.25) is 33.6 Å². The Balaban J connectivity index is 0.000000186. The number of nitrogens with zero attached hydrogens (tertiary/aromatic N) is 5. The highest BCUT2D eigenvalue weighted by molar-refractivity contribution is 6.32. The van der Waals surface area contributed by atoms with Crippen molar-refractivity contribution in [2.24, 2.45) is 17.8 Å². The molecule has 3 aliphatic carbocycles. The summed E-state index contributed by atoms with van der Waals surface area (Å²) in [5, 5.41) is 19.6. The smallest absolute Gasteiger partial charge is 0.306 e. The summed E-state index contributed by atoms with van der Waals surface area (Å²) in [6.07, 6.45) is 17.0. The Kier molecular flexibility index (Phi) is 29.2. The number of allylic oxidation sites excluding steroid dienone is 2. The van der Waals surface area contributed by atoms with Gasteiger partial charge < -0.3 is 60.5 Å². The molecule has 0 unspecified atom stereocenters. The lowest BCUT2D eigenvalue weighted by Gasteiger charge is -2.40. The number of H-pyrrole nitrogens is 3. The SMILES string of the molecule is C=C(C1CCC(N(CC)c2cc(Cl)cc(C(=O)NCc3c(C)cc(C)[nH]c3=O)c2C)CC1)N1CCCC1.C=C(C1CCC(N(CC)c2cc(Cl)cc(C(=O)NCc3c(C)cc(C)[nH]c3=O)c2C)CC1)N1CCCC1.CCN(c1cc(Cl)cc(C(=O)NCc2c(C)cc(C)[nH]c2=O)c1C)C1CCC(C(=O)O)CC1. The number of nitrogens with one attached hydrogen (secondary N) is 6. The van der Waals surface area contributed by atoms with Gasteiger partial charge in [-0.1, -0.05) is 48.0 Å². The van der Waals surface area contributed by atoms with E-state index in [1.807, 2.05) is 98.7 Å². The molecule has 3 amide bonds. The molecule has 3 saturated carbocycles. The standard InChI is InChI=1S/2C30H41ClN4O2.C25H32ClN3O4/c2*1-6-35(25-11-9-23(10-12-25)22(5)34-13-7-8-14-34)28-17-24(31)16-26(21(28)4)29(36)32-18-27-19(2)15-20(3)33-30(27)37;1-5-29(19-8-6-17(7-9-19)25(32)33)22-12-18(26)11-20(16(22)4)23(30)27-13-21-14(2)10-15(3)28-24(21)31/h2*15-17,23,25H,5-14,18H2,1-4H3,(H,32,36)(H,33,37);10-12,17,19H,5-9,13H2,1-4H3,(H,27,30)(H,28,31)(H,32,33). The van der Waals surface area contributed by atoms with Crippen molar-refractivity contribution in [1.82, 2.24) is 40.7 Å². The normalized spacial score (nSPS) is 19.2. The van der Waals surface area contributed by atoms with E-state index in [1.165, 1.54) is 37.1 Å². The molecule has 578 valence electrons. The number of rotatable bonds is 23. The van der Waals surface area contributed by atoms with E-state index in [-0.39, 0.29) is 66.0 Å². The summed E-state index contributed by atoms with van der Waals surface area (Å²) in [6.45, 7) is 39.8. The molecule has 0 atom stereocenters. The average Bonchev–Trinajstić information content (AvgIpc) is 1.11. The molecule has 3 aromatic carbocycles. The number of pyridine rings is 3. The third-order valence-electron chi connectivity index (χ3n) is 23.2. The van der Waals surface area contributed by atoms with Gasteiger partial charge in [0, 0.05) is 178 Å². The zero-order valence-corrected chi connectivity index (χ0v) is 67.4. The number of hydrogen-bond acceptors (Lipinski definition) is 12. The fourth-order valence-corrected chi connectivity index (χ4v) is 17.8. The number of hydrogen-bond donors (Lipinski definition) is 7. The number of carbonyl (C=O) groups is 4. The molecule has 2 aliphatic heterocycles. The van der Waals surface area contributed by atoms with Crippen LogP contribution in [0.2, 0.25) is 15.1 Å². The Labute approximate surface area is 647 Å². The summed E-state index contributed by atoms with van der Waals surface area (Å²) >= 11 is 19.5. The summed E-state index contributed by atoms with van der Waals surface area (Å²) in [4.78, 5) is 108. The van der Waals surface area contributed by atoms with Crippen molar-refractivity contribution in [2.45, 2.75) is 224 Å². The maximum absolute atomic E-state index is 13.2. The maximum Gasteiger partial charge on any atom is 0.306 e. The lowest BCUT2D eigenvalue weighted by atomic mass is 9.83. The van der Waals surface area contributed by atoms with Crippen LogP contribution in [-0.4, -0.2) is 117 Å². The van der Waals surface area contributed by atoms with Gasteiger partial charge in [-0.25, -0.2) is 0 Å². The van der Waals surface area contributed by atoms with E-state index in [0.717, 1.165) is 178 Å². The van der Waals surface area contributed by atoms with Gasteiger partial charge in [0.2, 0.25) is 0 Å². The molecule has 5 fully saturated rings. The maximum atomic E-state index is 13.2. The van der Waals surface area contributed by atoms with Gasteiger partial charge in [0.25, 0.3) is 34.4 Å². The molecule has 5 heterocycles. The summed E-state index contributed by atoms with van der Waals surface area (Å²) in [5.74, 6) is -0.593. The highest BCUT2D eigenvalue weighted by atomic mass is 35.5. The summed E-state index contributed by atoms with van der Waals surface area (Å²) < 4.78 is 0. The number of benzene rings is 3. The van der Waals surface area contributed by atoms with Gasteiger partial charge in [0.15, 0.2) is 0 Å². The largest absolute Gasteiger partial charge is 0.481 e. The lowest BCUT2D eigenvalue weighted by molar-refractivity contribution is -0.142. The first-order valence-electron chi connectivity index (χ1n) is 38.7. The highest BCUT2D eigenvalue weighted by Crippen LogP contribution is 2.41. The number of anilines is 3. The Morgan fingerprint density at radius 3 is 0.907 bits per heavy atom. The fourth-order valence-electron chi connectivity index (χ4n) is 17.2. The first-order chi connectivity index (χ1) is 51.0. The van der Waals surface area contributed by atoms with Gasteiger partial charge in [-0.15, -0.1) is 0 Å². The second-order valence-electron chi connectivity index (χ2n) is 30.3. The number of carboxylic acid groups (broad SMARTS) is 1. The highest BCUT2D eigenvalue weighted by Gasteiger charge is 2.35. The van der Waals surface area contributed by atoms with E-state index in [4.69, 9.17) is 34.8 Å². The Hall–Kier alpha value is -8.26. The molecule has 0 bridgehead atoms. The van der Waals surface area contributed by atoms with Crippen molar-refractivity contribution in [2.75, 3.05) is 60.5 Å². The minimum absolute atomic E-state index is 0.123. The first kappa shape index (κ1) is 82.8. The number of carbonyl (C=O) groups excluding carboxylic acids is 3. The van der Waals surface area contributed by atoms with Crippen LogP contribution >= 0.6 is 34.8 Å². The summed E-state index contributed by atoms with van der Waals surface area (Å²) in [5.41, 5.74) is 15.9. The van der Waals surface area contributed by atoms with Crippen molar-refractivity contribution in [3.8, 4) is 0 Å². The van der Waals surface area contributed by atoms with Crippen molar-refractivity contribution in [1.29, 1.82) is 0 Å². The van der Waals surface area contributed by atoms with Crippen LogP contribution in [0, 0.1) is 80.1 Å². The van der Waals surface area contributed by atoms with Crippen LogP contribution in [0.5, 0.6) is 0 Å². The van der Waals surface area contributed by atoms with Crippen molar-refractivity contribution < 1.29 is 24.3 Å². The molecule has 11 rings (SSSR count). The average molecular weight is 1520 g/mol. The number of amides is 3. The molecule has 2 saturated heterocycles. The Bertz CT molecular complexity index is 4210. The minimum Gasteiger partial charge on any atom is -0.481 e. The van der Waals surface area contributed by atoms with E-state index in [0.29, 0.717) is 85.2 Å². The minimum atomic E-state index is -0.725. The van der Waals surface area contributed by atoms with E-state index in [1.54, 1.807) is 18.2 Å². The molecule has 6 aromatic rings. The van der Waals surface area contributed by atoms with E-state index >= 15 is 0 Å². The molecular formula is C85H114Cl3N11O8. The molecule has 3 aromatic heterocycles. The third kappa shape index (κ3) is 20.6. The summed E-state index contributed by atoms with van der Waals surface area (Å²) in [7, 11) is 0. The molecule has 0 spiro atoms. The van der Waals surface area contributed by atoms with E-state index < -0.39 is 5.97 Å². The second-order valence-corrected chi connectivity index (χ2v) is 31.6. The number of aryl methyl sites for hydroxylation is 6. The zero-order chi connectivity index (χ0) is 77.7.